The van der Waals surface area contributed by atoms with Crippen molar-refractivity contribution < 1.29 is 0 Å². The normalized spacial score (nSPS) is 11.3. The summed E-state index contributed by atoms with van der Waals surface area (Å²) in [4.78, 5) is 13.2. The Hall–Kier alpha value is -0.000000000000000111. The molecule has 0 aliphatic heterocycles. The first-order valence-corrected chi connectivity index (χ1v) is 14.3. The molecule has 168 valence electrons. The summed E-state index contributed by atoms with van der Waals surface area (Å²) in [5.74, 6) is 2.13. The minimum Gasteiger partial charge on any atom is -0.196 e. The predicted octanol–water partition coefficient (Wildman–Crippen LogP) is 8.99. The van der Waals surface area contributed by atoms with Gasteiger partial charge in [0, 0.05) is 11.5 Å². The van der Waals surface area contributed by atoms with Crippen molar-refractivity contribution in [2.45, 2.75) is 127 Å². The molecule has 0 fully saturated rings. The first kappa shape index (κ1) is 27.0. The summed E-state index contributed by atoms with van der Waals surface area (Å²) >= 11 is 9.54. The van der Waals surface area contributed by atoms with E-state index in [1.54, 1.807) is 23.5 Å². The molecule has 29 heavy (non-hydrogen) atoms. The van der Waals surface area contributed by atoms with Gasteiger partial charge in [0.1, 0.15) is 0 Å². The molecule has 0 bridgehead atoms. The standard InChI is InChI=1S/C23H42ClN3S2/c1-3-5-7-9-11-13-15-17-19-28-22-25-21(24)26-23(27-22)29-20-18-16-14-12-10-8-6-4-2/h3-20H2,1-2H3. The van der Waals surface area contributed by atoms with Crippen molar-refractivity contribution in [3.63, 3.8) is 0 Å². The van der Waals surface area contributed by atoms with Crippen molar-refractivity contribution in [1.29, 1.82) is 0 Å². The van der Waals surface area contributed by atoms with Gasteiger partial charge >= 0.3 is 0 Å². The molecule has 0 saturated heterocycles. The predicted molar refractivity (Wildman–Crippen MR) is 132 cm³/mol. The largest absolute Gasteiger partial charge is 0.227 e. The zero-order valence-electron chi connectivity index (χ0n) is 18.8. The minimum atomic E-state index is 0.330. The van der Waals surface area contributed by atoms with Gasteiger partial charge in [-0.15, -0.1) is 0 Å². The molecule has 1 rings (SSSR count). The third-order valence-corrected chi connectivity index (χ3v) is 7.06. The van der Waals surface area contributed by atoms with Crippen molar-refractivity contribution in [3.8, 4) is 0 Å². The van der Waals surface area contributed by atoms with Crippen molar-refractivity contribution >= 4 is 35.1 Å². The smallest absolute Gasteiger partial charge is 0.196 e. The number of hydrogen-bond donors (Lipinski definition) is 0. The molecule has 1 aromatic heterocycles. The van der Waals surface area contributed by atoms with E-state index >= 15 is 0 Å². The van der Waals surface area contributed by atoms with Gasteiger partial charge in [0.05, 0.1) is 0 Å². The molecule has 0 amide bonds. The number of thioether (sulfide) groups is 2. The molecule has 3 nitrogen and oxygen atoms in total. The van der Waals surface area contributed by atoms with Crippen LogP contribution in [0, 0.1) is 0 Å². The van der Waals surface area contributed by atoms with Gasteiger partial charge in [0.15, 0.2) is 10.3 Å². The van der Waals surface area contributed by atoms with Gasteiger partial charge in [0.2, 0.25) is 5.28 Å². The Kier molecular flexibility index (Phi) is 18.6. The molecule has 0 aliphatic rings. The lowest BCUT2D eigenvalue weighted by Crippen LogP contribution is -1.96. The van der Waals surface area contributed by atoms with E-state index in [-0.39, 0.29) is 0 Å². The van der Waals surface area contributed by atoms with Crippen LogP contribution >= 0.6 is 35.1 Å². The Morgan fingerprint density at radius 2 is 0.862 bits per heavy atom. The number of halogens is 1. The quantitative estimate of drug-likeness (QED) is 0.143. The van der Waals surface area contributed by atoms with Crippen molar-refractivity contribution in [3.05, 3.63) is 5.28 Å². The van der Waals surface area contributed by atoms with Crippen LogP contribution in [0.4, 0.5) is 0 Å². The van der Waals surface area contributed by atoms with E-state index in [4.69, 9.17) is 11.6 Å². The highest BCUT2D eigenvalue weighted by Crippen LogP contribution is 2.22. The monoisotopic (exact) mass is 459 g/mol. The van der Waals surface area contributed by atoms with Gasteiger partial charge in [-0.2, -0.15) is 15.0 Å². The molecule has 0 unspecified atom stereocenters. The molecule has 0 aromatic carbocycles. The topological polar surface area (TPSA) is 38.7 Å². The fourth-order valence-electron chi connectivity index (χ4n) is 3.24. The number of aromatic nitrogens is 3. The molecular formula is C23H42ClN3S2. The lowest BCUT2D eigenvalue weighted by molar-refractivity contribution is 0.586. The summed E-state index contributed by atoms with van der Waals surface area (Å²) in [7, 11) is 0. The summed E-state index contributed by atoms with van der Waals surface area (Å²) < 4.78 is 0. The Labute approximate surface area is 193 Å². The Morgan fingerprint density at radius 3 is 1.24 bits per heavy atom. The molecule has 1 heterocycles. The summed E-state index contributed by atoms with van der Waals surface area (Å²) in [6, 6.07) is 0. The van der Waals surface area contributed by atoms with E-state index in [1.165, 1.54) is 103 Å². The van der Waals surface area contributed by atoms with Gasteiger partial charge in [-0.3, -0.25) is 0 Å². The van der Waals surface area contributed by atoms with Crippen LogP contribution in [0.3, 0.4) is 0 Å². The van der Waals surface area contributed by atoms with Crippen LogP contribution in [0.2, 0.25) is 5.28 Å². The van der Waals surface area contributed by atoms with Crippen LogP contribution in [0.15, 0.2) is 10.3 Å². The summed E-state index contributed by atoms with van der Waals surface area (Å²) in [6.45, 7) is 4.54. The van der Waals surface area contributed by atoms with Crippen molar-refractivity contribution in [2.75, 3.05) is 11.5 Å². The van der Waals surface area contributed by atoms with E-state index < -0.39 is 0 Å². The van der Waals surface area contributed by atoms with Gasteiger partial charge in [-0.25, -0.2) is 0 Å². The number of hydrogen-bond acceptors (Lipinski definition) is 5. The maximum atomic E-state index is 6.11. The van der Waals surface area contributed by atoms with Gasteiger partial charge in [-0.05, 0) is 24.4 Å². The fourth-order valence-corrected chi connectivity index (χ4v) is 5.23. The maximum Gasteiger partial charge on any atom is 0.227 e. The summed E-state index contributed by atoms with van der Waals surface area (Å²) in [5.41, 5.74) is 0. The van der Waals surface area contributed by atoms with E-state index in [2.05, 4.69) is 28.8 Å². The zero-order valence-corrected chi connectivity index (χ0v) is 21.2. The van der Waals surface area contributed by atoms with E-state index in [0.717, 1.165) is 21.8 Å². The van der Waals surface area contributed by atoms with Crippen LogP contribution in [0.5, 0.6) is 0 Å². The molecule has 6 heteroatoms. The third kappa shape index (κ3) is 16.4. The number of rotatable bonds is 20. The summed E-state index contributed by atoms with van der Waals surface area (Å²) in [6.07, 6.45) is 21.5. The lowest BCUT2D eigenvalue weighted by atomic mass is 10.1. The Bertz CT molecular complexity index is 463. The van der Waals surface area contributed by atoms with E-state index in [1.807, 2.05) is 0 Å². The van der Waals surface area contributed by atoms with Gasteiger partial charge < -0.3 is 0 Å². The maximum absolute atomic E-state index is 6.11. The Morgan fingerprint density at radius 1 is 0.517 bits per heavy atom. The highest BCUT2D eigenvalue weighted by Gasteiger charge is 2.06. The fraction of sp³-hybridized carbons (Fsp3) is 0.870. The van der Waals surface area contributed by atoms with Gasteiger partial charge in [-0.1, -0.05) is 127 Å². The first-order valence-electron chi connectivity index (χ1n) is 11.9. The molecule has 0 atom stereocenters. The van der Waals surface area contributed by atoms with Crippen LogP contribution in [-0.2, 0) is 0 Å². The van der Waals surface area contributed by atoms with E-state index in [0.29, 0.717) is 5.28 Å². The first-order chi connectivity index (χ1) is 14.3. The molecule has 0 spiro atoms. The molecule has 0 saturated carbocycles. The average molecular weight is 460 g/mol. The van der Waals surface area contributed by atoms with Crippen LogP contribution in [-0.4, -0.2) is 26.5 Å². The van der Waals surface area contributed by atoms with Gasteiger partial charge in [0.25, 0.3) is 0 Å². The molecule has 0 aliphatic carbocycles. The number of unbranched alkanes of at least 4 members (excludes halogenated alkanes) is 14. The van der Waals surface area contributed by atoms with Crippen molar-refractivity contribution in [2.24, 2.45) is 0 Å². The third-order valence-electron chi connectivity index (χ3n) is 5.03. The second-order valence-electron chi connectivity index (χ2n) is 7.82. The molecule has 0 radical (unpaired) electrons. The second kappa shape index (κ2) is 19.9. The lowest BCUT2D eigenvalue weighted by Gasteiger charge is -2.05. The van der Waals surface area contributed by atoms with Crippen LogP contribution in [0.1, 0.15) is 117 Å². The van der Waals surface area contributed by atoms with Crippen molar-refractivity contribution in [1.82, 2.24) is 15.0 Å². The minimum absolute atomic E-state index is 0.330. The van der Waals surface area contributed by atoms with E-state index in [9.17, 15) is 0 Å². The van der Waals surface area contributed by atoms with Crippen LogP contribution in [0.25, 0.3) is 0 Å². The molecule has 1 aromatic rings. The number of nitrogens with zero attached hydrogens (tertiary/aromatic N) is 3. The molecule has 0 N–H and O–H groups in total. The van der Waals surface area contributed by atoms with Crippen LogP contribution < -0.4 is 0 Å². The average Bonchev–Trinajstić information content (AvgIpc) is 2.71. The highest BCUT2D eigenvalue weighted by molar-refractivity contribution is 7.99. The molecular weight excluding hydrogens is 418 g/mol. The SMILES string of the molecule is CCCCCCCCCCSc1nc(Cl)nc(SCCCCCCCCCC)n1. The summed E-state index contributed by atoms with van der Waals surface area (Å²) in [5, 5.41) is 1.90. The highest BCUT2D eigenvalue weighted by atomic mass is 35.5. The second-order valence-corrected chi connectivity index (χ2v) is 10.3. The zero-order chi connectivity index (χ0) is 21.0. The Balaban J connectivity index is 2.09.